The zero-order valence-corrected chi connectivity index (χ0v) is 12.2. The molecule has 1 aromatic rings. The molecule has 6 nitrogen and oxygen atoms in total. The minimum Gasteiger partial charge on any atom is -0.385 e. The van der Waals surface area contributed by atoms with Gasteiger partial charge in [-0.05, 0) is 25.8 Å². The van der Waals surface area contributed by atoms with Crippen molar-refractivity contribution in [3.63, 3.8) is 0 Å². The Morgan fingerprint density at radius 2 is 2.05 bits per heavy atom. The van der Waals surface area contributed by atoms with Crippen molar-refractivity contribution in [3.8, 4) is 0 Å². The fraction of sp³-hybridized carbons (Fsp3) is 0.533. The van der Waals surface area contributed by atoms with Crippen LogP contribution in [0.3, 0.4) is 0 Å². The SMILES string of the molecule is CCNc1ccc([N+](=O)[O-])cc1C(=O)NC1CCCCC1. The second kappa shape index (κ2) is 7.06. The summed E-state index contributed by atoms with van der Waals surface area (Å²) in [6.07, 6.45) is 5.43. The van der Waals surface area contributed by atoms with Gasteiger partial charge in [0.15, 0.2) is 0 Å². The normalized spacial score (nSPS) is 15.5. The Morgan fingerprint density at radius 1 is 1.33 bits per heavy atom. The van der Waals surface area contributed by atoms with Crippen molar-refractivity contribution in [1.29, 1.82) is 0 Å². The molecule has 2 rings (SSSR count). The molecule has 0 radical (unpaired) electrons. The highest BCUT2D eigenvalue weighted by atomic mass is 16.6. The number of hydrogen-bond donors (Lipinski definition) is 2. The summed E-state index contributed by atoms with van der Waals surface area (Å²) in [7, 11) is 0. The monoisotopic (exact) mass is 291 g/mol. The summed E-state index contributed by atoms with van der Waals surface area (Å²) in [5.41, 5.74) is 0.915. The molecule has 21 heavy (non-hydrogen) atoms. The summed E-state index contributed by atoms with van der Waals surface area (Å²) in [5.74, 6) is -0.235. The van der Waals surface area contributed by atoms with Gasteiger partial charge in [-0.2, -0.15) is 0 Å². The molecule has 0 bridgehead atoms. The number of nitrogens with one attached hydrogen (secondary N) is 2. The van der Waals surface area contributed by atoms with E-state index in [1.165, 1.54) is 18.6 Å². The molecular formula is C15H21N3O3. The van der Waals surface area contributed by atoms with Crippen molar-refractivity contribution in [2.45, 2.75) is 45.1 Å². The first-order valence-corrected chi connectivity index (χ1v) is 7.45. The number of nitro groups is 1. The Hall–Kier alpha value is -2.11. The summed E-state index contributed by atoms with van der Waals surface area (Å²) in [4.78, 5) is 22.8. The first-order valence-electron chi connectivity index (χ1n) is 7.45. The maximum Gasteiger partial charge on any atom is 0.270 e. The lowest BCUT2D eigenvalue weighted by Crippen LogP contribution is -2.36. The standard InChI is InChI=1S/C15H21N3O3/c1-2-16-14-9-8-12(18(20)21)10-13(14)15(19)17-11-6-4-3-5-7-11/h8-11,16H,2-7H2,1H3,(H,17,19). The van der Waals surface area contributed by atoms with Crippen molar-refractivity contribution in [2.75, 3.05) is 11.9 Å². The molecule has 0 atom stereocenters. The Labute approximate surface area is 124 Å². The summed E-state index contributed by atoms with van der Waals surface area (Å²) in [5, 5.41) is 17.0. The molecule has 0 heterocycles. The van der Waals surface area contributed by atoms with Crippen LogP contribution in [-0.4, -0.2) is 23.4 Å². The number of nitro benzene ring substituents is 1. The Bertz CT molecular complexity index is 525. The molecule has 0 saturated heterocycles. The summed E-state index contributed by atoms with van der Waals surface area (Å²) in [6.45, 7) is 2.58. The number of non-ortho nitro benzene ring substituents is 1. The number of nitrogens with zero attached hydrogens (tertiary/aromatic N) is 1. The first kappa shape index (κ1) is 15.3. The molecule has 0 aliphatic heterocycles. The summed E-state index contributed by atoms with van der Waals surface area (Å²) >= 11 is 0. The lowest BCUT2D eigenvalue weighted by molar-refractivity contribution is -0.384. The number of carbonyl (C=O) groups excluding carboxylic acids is 1. The van der Waals surface area contributed by atoms with E-state index in [2.05, 4.69) is 10.6 Å². The van der Waals surface area contributed by atoms with E-state index in [0.717, 1.165) is 25.7 Å². The van der Waals surface area contributed by atoms with Gasteiger partial charge in [-0.25, -0.2) is 0 Å². The third-order valence-electron chi connectivity index (χ3n) is 3.77. The van der Waals surface area contributed by atoms with Crippen LogP contribution in [0.5, 0.6) is 0 Å². The maximum atomic E-state index is 12.4. The Kier molecular flexibility index (Phi) is 5.14. The number of hydrogen-bond acceptors (Lipinski definition) is 4. The van der Waals surface area contributed by atoms with Gasteiger partial charge in [0.2, 0.25) is 0 Å². The minimum absolute atomic E-state index is 0.0644. The van der Waals surface area contributed by atoms with Crippen LogP contribution in [0.4, 0.5) is 11.4 Å². The molecule has 2 N–H and O–H groups in total. The quantitative estimate of drug-likeness (QED) is 0.645. The number of amides is 1. The molecule has 0 spiro atoms. The van der Waals surface area contributed by atoms with Crippen LogP contribution >= 0.6 is 0 Å². The third kappa shape index (κ3) is 3.93. The summed E-state index contributed by atoms with van der Waals surface area (Å²) < 4.78 is 0. The molecule has 1 amide bonds. The van der Waals surface area contributed by atoms with Gasteiger partial charge >= 0.3 is 0 Å². The highest BCUT2D eigenvalue weighted by Gasteiger charge is 2.20. The van der Waals surface area contributed by atoms with E-state index < -0.39 is 4.92 Å². The van der Waals surface area contributed by atoms with Crippen LogP contribution in [0.1, 0.15) is 49.4 Å². The molecule has 6 heteroatoms. The van der Waals surface area contributed by atoms with Gasteiger partial charge in [0.05, 0.1) is 10.5 Å². The molecule has 1 aliphatic carbocycles. The number of benzene rings is 1. The number of rotatable bonds is 5. The number of anilines is 1. The third-order valence-corrected chi connectivity index (χ3v) is 3.77. The van der Waals surface area contributed by atoms with Crippen molar-refractivity contribution in [1.82, 2.24) is 5.32 Å². The van der Waals surface area contributed by atoms with Gasteiger partial charge in [0, 0.05) is 30.4 Å². The topological polar surface area (TPSA) is 84.3 Å². The van der Waals surface area contributed by atoms with E-state index >= 15 is 0 Å². The second-order valence-electron chi connectivity index (χ2n) is 5.33. The number of carbonyl (C=O) groups is 1. The molecule has 0 aromatic heterocycles. The summed E-state index contributed by atoms with van der Waals surface area (Å²) in [6, 6.07) is 4.53. The van der Waals surface area contributed by atoms with Crippen molar-refractivity contribution < 1.29 is 9.72 Å². The predicted octanol–water partition coefficient (Wildman–Crippen LogP) is 3.09. The lowest BCUT2D eigenvalue weighted by Gasteiger charge is -2.23. The van der Waals surface area contributed by atoms with Crippen LogP contribution in [0.15, 0.2) is 18.2 Å². The fourth-order valence-corrected chi connectivity index (χ4v) is 2.69. The maximum absolute atomic E-state index is 12.4. The van der Waals surface area contributed by atoms with Crippen molar-refractivity contribution >= 4 is 17.3 Å². The molecule has 0 unspecified atom stereocenters. The van der Waals surface area contributed by atoms with E-state index in [1.54, 1.807) is 6.07 Å². The van der Waals surface area contributed by atoms with Crippen molar-refractivity contribution in [2.24, 2.45) is 0 Å². The molecule has 114 valence electrons. The highest BCUT2D eigenvalue weighted by molar-refractivity contribution is 6.00. The first-order chi connectivity index (χ1) is 10.1. The van der Waals surface area contributed by atoms with E-state index in [9.17, 15) is 14.9 Å². The van der Waals surface area contributed by atoms with Gasteiger partial charge in [0.25, 0.3) is 11.6 Å². The average molecular weight is 291 g/mol. The fourth-order valence-electron chi connectivity index (χ4n) is 2.69. The highest BCUT2D eigenvalue weighted by Crippen LogP contribution is 2.23. The minimum atomic E-state index is -0.479. The Morgan fingerprint density at radius 3 is 2.67 bits per heavy atom. The lowest BCUT2D eigenvalue weighted by atomic mass is 9.95. The molecule has 1 aliphatic rings. The largest absolute Gasteiger partial charge is 0.385 e. The van der Waals surface area contributed by atoms with E-state index in [4.69, 9.17) is 0 Å². The molecule has 1 fully saturated rings. The van der Waals surface area contributed by atoms with Crippen LogP contribution in [0.25, 0.3) is 0 Å². The van der Waals surface area contributed by atoms with E-state index in [-0.39, 0.29) is 17.6 Å². The van der Waals surface area contributed by atoms with Gasteiger partial charge in [-0.1, -0.05) is 19.3 Å². The van der Waals surface area contributed by atoms with Crippen LogP contribution in [0.2, 0.25) is 0 Å². The molecule has 1 aromatic carbocycles. The van der Waals surface area contributed by atoms with Gasteiger partial charge in [0.1, 0.15) is 0 Å². The van der Waals surface area contributed by atoms with Crippen molar-refractivity contribution in [3.05, 3.63) is 33.9 Å². The molecular weight excluding hydrogens is 270 g/mol. The van der Waals surface area contributed by atoms with Crippen LogP contribution in [0, 0.1) is 10.1 Å². The van der Waals surface area contributed by atoms with Gasteiger partial charge in [-0.15, -0.1) is 0 Å². The second-order valence-corrected chi connectivity index (χ2v) is 5.33. The van der Waals surface area contributed by atoms with E-state index in [1.807, 2.05) is 6.92 Å². The predicted molar refractivity (Wildman–Crippen MR) is 81.6 cm³/mol. The zero-order chi connectivity index (χ0) is 15.2. The van der Waals surface area contributed by atoms with Crippen LogP contribution in [-0.2, 0) is 0 Å². The van der Waals surface area contributed by atoms with Crippen LogP contribution < -0.4 is 10.6 Å². The van der Waals surface area contributed by atoms with E-state index in [0.29, 0.717) is 17.8 Å². The zero-order valence-electron chi connectivity index (χ0n) is 12.2. The average Bonchev–Trinajstić information content (AvgIpc) is 2.48. The Balaban J connectivity index is 2.19. The smallest absolute Gasteiger partial charge is 0.270 e. The molecule has 1 saturated carbocycles. The van der Waals surface area contributed by atoms with Gasteiger partial charge in [-0.3, -0.25) is 14.9 Å². The van der Waals surface area contributed by atoms with Gasteiger partial charge < -0.3 is 10.6 Å².